The molecule has 0 atom stereocenters. The van der Waals surface area contributed by atoms with Crippen LogP contribution < -0.4 is 5.73 Å². The number of anilines is 1. The summed E-state index contributed by atoms with van der Waals surface area (Å²) in [7, 11) is 0. The highest BCUT2D eigenvalue weighted by Crippen LogP contribution is 2.20. The Hall–Kier alpha value is -2.54. The standard InChI is InChI=1S/C18H15N/c19-17-12-9-14(10-13-17)8-11-16-6-3-5-15-4-1-2-7-18(15)16/h1-13H,19H2. The molecule has 92 valence electrons. The van der Waals surface area contributed by atoms with Crippen molar-refractivity contribution < 1.29 is 0 Å². The van der Waals surface area contributed by atoms with Crippen LogP contribution in [-0.2, 0) is 0 Å². The minimum Gasteiger partial charge on any atom is -0.399 e. The first-order valence-electron chi connectivity index (χ1n) is 6.34. The molecule has 0 spiro atoms. The van der Waals surface area contributed by atoms with Gasteiger partial charge in [-0.1, -0.05) is 66.7 Å². The van der Waals surface area contributed by atoms with Crippen LogP contribution in [0.2, 0.25) is 0 Å². The molecule has 0 saturated heterocycles. The van der Waals surface area contributed by atoms with E-state index in [0.717, 1.165) is 11.3 Å². The maximum atomic E-state index is 5.68. The summed E-state index contributed by atoms with van der Waals surface area (Å²) in [6, 6.07) is 22.7. The van der Waals surface area contributed by atoms with Gasteiger partial charge in [0, 0.05) is 5.69 Å². The zero-order chi connectivity index (χ0) is 13.1. The number of benzene rings is 3. The van der Waals surface area contributed by atoms with Crippen molar-refractivity contribution >= 4 is 28.6 Å². The lowest BCUT2D eigenvalue weighted by atomic mass is 10.0. The Balaban J connectivity index is 1.99. The molecule has 0 aliphatic carbocycles. The predicted molar refractivity (Wildman–Crippen MR) is 83.7 cm³/mol. The maximum Gasteiger partial charge on any atom is 0.0314 e. The molecule has 2 N–H and O–H groups in total. The van der Waals surface area contributed by atoms with Gasteiger partial charge in [-0.3, -0.25) is 0 Å². The van der Waals surface area contributed by atoms with E-state index in [1.54, 1.807) is 0 Å². The van der Waals surface area contributed by atoms with E-state index < -0.39 is 0 Å². The molecule has 0 amide bonds. The molecule has 19 heavy (non-hydrogen) atoms. The van der Waals surface area contributed by atoms with Crippen LogP contribution in [0.4, 0.5) is 5.69 Å². The number of rotatable bonds is 2. The van der Waals surface area contributed by atoms with Crippen molar-refractivity contribution in [1.29, 1.82) is 0 Å². The Morgan fingerprint density at radius 3 is 2.26 bits per heavy atom. The number of nitrogen functional groups attached to an aromatic ring is 1. The number of hydrogen-bond donors (Lipinski definition) is 1. The van der Waals surface area contributed by atoms with Gasteiger partial charge in [-0.25, -0.2) is 0 Å². The summed E-state index contributed by atoms with van der Waals surface area (Å²) in [6.45, 7) is 0. The summed E-state index contributed by atoms with van der Waals surface area (Å²) in [4.78, 5) is 0. The molecule has 3 aromatic rings. The highest BCUT2D eigenvalue weighted by atomic mass is 14.5. The summed E-state index contributed by atoms with van der Waals surface area (Å²) in [5.74, 6) is 0. The van der Waals surface area contributed by atoms with E-state index in [2.05, 4.69) is 54.6 Å². The van der Waals surface area contributed by atoms with Crippen LogP contribution >= 0.6 is 0 Å². The van der Waals surface area contributed by atoms with E-state index in [1.807, 2.05) is 24.3 Å². The summed E-state index contributed by atoms with van der Waals surface area (Å²) in [6.07, 6.45) is 4.26. The van der Waals surface area contributed by atoms with Gasteiger partial charge in [-0.2, -0.15) is 0 Å². The van der Waals surface area contributed by atoms with Crippen molar-refractivity contribution in [2.24, 2.45) is 0 Å². The monoisotopic (exact) mass is 245 g/mol. The summed E-state index contributed by atoms with van der Waals surface area (Å²) < 4.78 is 0. The van der Waals surface area contributed by atoms with Gasteiger partial charge in [-0.15, -0.1) is 0 Å². The minimum absolute atomic E-state index is 0.794. The van der Waals surface area contributed by atoms with E-state index in [9.17, 15) is 0 Å². The van der Waals surface area contributed by atoms with Crippen LogP contribution in [0.5, 0.6) is 0 Å². The van der Waals surface area contributed by atoms with Crippen molar-refractivity contribution in [2.75, 3.05) is 5.73 Å². The van der Waals surface area contributed by atoms with Gasteiger partial charge in [0.05, 0.1) is 0 Å². The van der Waals surface area contributed by atoms with Gasteiger partial charge >= 0.3 is 0 Å². The molecule has 0 aromatic heterocycles. The Labute approximate surface area is 113 Å². The lowest BCUT2D eigenvalue weighted by Crippen LogP contribution is -1.82. The van der Waals surface area contributed by atoms with Crippen LogP contribution in [0.1, 0.15) is 11.1 Å². The van der Waals surface area contributed by atoms with Crippen LogP contribution in [0, 0.1) is 0 Å². The SMILES string of the molecule is Nc1ccc(C=Cc2cccc3ccccc23)cc1. The van der Waals surface area contributed by atoms with E-state index in [1.165, 1.54) is 16.3 Å². The zero-order valence-electron chi connectivity index (χ0n) is 10.6. The van der Waals surface area contributed by atoms with Gasteiger partial charge in [0.15, 0.2) is 0 Å². The maximum absolute atomic E-state index is 5.68. The third kappa shape index (κ3) is 2.50. The van der Waals surface area contributed by atoms with Crippen LogP contribution in [0.25, 0.3) is 22.9 Å². The third-order valence-electron chi connectivity index (χ3n) is 3.22. The van der Waals surface area contributed by atoms with Gasteiger partial charge in [0.2, 0.25) is 0 Å². The molecule has 1 heteroatoms. The fourth-order valence-corrected chi connectivity index (χ4v) is 2.19. The first-order valence-corrected chi connectivity index (χ1v) is 6.34. The second kappa shape index (κ2) is 4.99. The first-order chi connectivity index (χ1) is 9.33. The molecule has 0 heterocycles. The molecule has 0 saturated carbocycles. The fourth-order valence-electron chi connectivity index (χ4n) is 2.19. The van der Waals surface area contributed by atoms with Crippen LogP contribution in [-0.4, -0.2) is 0 Å². The zero-order valence-corrected chi connectivity index (χ0v) is 10.6. The molecular formula is C18H15N. The molecule has 0 unspecified atom stereocenters. The number of fused-ring (bicyclic) bond motifs is 1. The highest BCUT2D eigenvalue weighted by molar-refractivity contribution is 5.92. The minimum atomic E-state index is 0.794. The van der Waals surface area contributed by atoms with Crippen molar-refractivity contribution in [3.63, 3.8) is 0 Å². The number of nitrogens with two attached hydrogens (primary N) is 1. The predicted octanol–water partition coefficient (Wildman–Crippen LogP) is 4.59. The van der Waals surface area contributed by atoms with Crippen LogP contribution in [0.15, 0.2) is 66.7 Å². The van der Waals surface area contributed by atoms with Crippen molar-refractivity contribution in [3.05, 3.63) is 77.9 Å². The molecule has 1 nitrogen and oxygen atoms in total. The first kappa shape index (κ1) is 11.5. The van der Waals surface area contributed by atoms with Gasteiger partial charge < -0.3 is 5.73 Å². The lowest BCUT2D eigenvalue weighted by Gasteiger charge is -2.01. The van der Waals surface area contributed by atoms with E-state index in [4.69, 9.17) is 5.73 Å². The van der Waals surface area contributed by atoms with E-state index in [-0.39, 0.29) is 0 Å². The van der Waals surface area contributed by atoms with Crippen molar-refractivity contribution in [1.82, 2.24) is 0 Å². The average molecular weight is 245 g/mol. The van der Waals surface area contributed by atoms with Gasteiger partial charge in [0.25, 0.3) is 0 Å². The largest absolute Gasteiger partial charge is 0.399 e. The topological polar surface area (TPSA) is 26.0 Å². The highest BCUT2D eigenvalue weighted by Gasteiger charge is 1.96. The summed E-state index contributed by atoms with van der Waals surface area (Å²) in [5, 5.41) is 2.54. The van der Waals surface area contributed by atoms with Gasteiger partial charge in [0.1, 0.15) is 0 Å². The summed E-state index contributed by atoms with van der Waals surface area (Å²) in [5.41, 5.74) is 8.86. The van der Waals surface area contributed by atoms with Gasteiger partial charge in [-0.05, 0) is 34.0 Å². The third-order valence-corrected chi connectivity index (χ3v) is 3.22. The summed E-state index contributed by atoms with van der Waals surface area (Å²) >= 11 is 0. The van der Waals surface area contributed by atoms with Crippen LogP contribution in [0.3, 0.4) is 0 Å². The van der Waals surface area contributed by atoms with Crippen molar-refractivity contribution in [3.8, 4) is 0 Å². The second-order valence-corrected chi connectivity index (χ2v) is 4.57. The smallest absolute Gasteiger partial charge is 0.0314 e. The van der Waals surface area contributed by atoms with Crippen molar-refractivity contribution in [2.45, 2.75) is 0 Å². The number of hydrogen-bond acceptors (Lipinski definition) is 1. The second-order valence-electron chi connectivity index (χ2n) is 4.57. The van der Waals surface area contributed by atoms with E-state index >= 15 is 0 Å². The molecular weight excluding hydrogens is 230 g/mol. The Morgan fingerprint density at radius 2 is 1.42 bits per heavy atom. The molecule has 3 rings (SSSR count). The molecule has 0 aliphatic rings. The lowest BCUT2D eigenvalue weighted by molar-refractivity contribution is 1.64. The molecule has 3 aromatic carbocycles. The average Bonchev–Trinajstić information content (AvgIpc) is 2.47. The normalized spacial score (nSPS) is 11.2. The molecule has 0 bridgehead atoms. The Morgan fingerprint density at radius 1 is 0.684 bits per heavy atom. The molecule has 0 radical (unpaired) electrons. The molecule has 0 aliphatic heterocycles. The quantitative estimate of drug-likeness (QED) is 0.518. The molecule has 0 fully saturated rings. The Kier molecular flexibility index (Phi) is 3.03. The fraction of sp³-hybridized carbons (Fsp3) is 0. The van der Waals surface area contributed by atoms with E-state index in [0.29, 0.717) is 0 Å². The Bertz CT molecular complexity index is 719.